The van der Waals surface area contributed by atoms with Gasteiger partial charge >= 0.3 is 0 Å². The SMILES string of the molecule is C[C@@H]1CCCCN1c1ccc(N)cc1NC(=O)c1cccc(I)c1. The smallest absolute Gasteiger partial charge is 0.255 e. The molecular weight excluding hydrogens is 413 g/mol. The lowest BCUT2D eigenvalue weighted by Crippen LogP contribution is -2.38. The summed E-state index contributed by atoms with van der Waals surface area (Å²) in [6.45, 7) is 3.25. The Bertz CT molecular complexity index is 747. The van der Waals surface area contributed by atoms with Crippen molar-refractivity contribution in [2.45, 2.75) is 32.2 Å². The van der Waals surface area contributed by atoms with Crippen molar-refractivity contribution in [1.29, 1.82) is 0 Å². The number of carbonyl (C=O) groups excluding carboxylic acids is 1. The molecule has 1 aliphatic rings. The van der Waals surface area contributed by atoms with Crippen molar-refractivity contribution in [2.24, 2.45) is 0 Å². The highest BCUT2D eigenvalue weighted by atomic mass is 127. The van der Waals surface area contributed by atoms with Gasteiger partial charge in [-0.1, -0.05) is 6.07 Å². The van der Waals surface area contributed by atoms with Gasteiger partial charge in [-0.25, -0.2) is 0 Å². The Kier molecular flexibility index (Phi) is 5.28. The Morgan fingerprint density at radius 3 is 2.83 bits per heavy atom. The second-order valence-corrected chi connectivity index (χ2v) is 7.52. The van der Waals surface area contributed by atoms with E-state index in [-0.39, 0.29) is 5.91 Å². The normalized spacial score (nSPS) is 17.6. The number of nitrogens with two attached hydrogens (primary N) is 1. The van der Waals surface area contributed by atoms with Gasteiger partial charge < -0.3 is 16.0 Å². The number of benzene rings is 2. The van der Waals surface area contributed by atoms with E-state index in [0.29, 0.717) is 17.3 Å². The summed E-state index contributed by atoms with van der Waals surface area (Å²) in [5.41, 5.74) is 9.10. The number of anilines is 3. The Hall–Kier alpha value is -1.76. The van der Waals surface area contributed by atoms with Crippen molar-refractivity contribution >= 4 is 45.6 Å². The number of amides is 1. The first-order chi connectivity index (χ1) is 11.5. The second kappa shape index (κ2) is 7.42. The number of hydrogen-bond donors (Lipinski definition) is 2. The molecule has 3 rings (SSSR count). The molecule has 3 N–H and O–H groups in total. The molecule has 0 bridgehead atoms. The van der Waals surface area contributed by atoms with E-state index in [9.17, 15) is 4.79 Å². The zero-order chi connectivity index (χ0) is 17.1. The molecule has 2 aromatic carbocycles. The summed E-state index contributed by atoms with van der Waals surface area (Å²) in [5.74, 6) is -0.106. The van der Waals surface area contributed by atoms with Gasteiger partial charge in [-0.2, -0.15) is 0 Å². The third-order valence-corrected chi connectivity index (χ3v) is 5.14. The zero-order valence-electron chi connectivity index (χ0n) is 13.8. The third-order valence-electron chi connectivity index (χ3n) is 4.47. The maximum Gasteiger partial charge on any atom is 0.255 e. The first-order valence-electron chi connectivity index (χ1n) is 8.27. The van der Waals surface area contributed by atoms with E-state index >= 15 is 0 Å². The van der Waals surface area contributed by atoms with E-state index in [1.165, 1.54) is 19.3 Å². The van der Waals surface area contributed by atoms with Crippen molar-refractivity contribution < 1.29 is 4.79 Å². The summed E-state index contributed by atoms with van der Waals surface area (Å²) in [5, 5.41) is 3.05. The summed E-state index contributed by atoms with van der Waals surface area (Å²) in [4.78, 5) is 15.0. The van der Waals surface area contributed by atoms with E-state index in [1.807, 2.05) is 42.5 Å². The minimum Gasteiger partial charge on any atom is -0.399 e. The molecule has 0 aromatic heterocycles. The molecule has 0 radical (unpaired) electrons. The van der Waals surface area contributed by atoms with E-state index < -0.39 is 0 Å². The number of nitrogens with one attached hydrogen (secondary N) is 1. The third kappa shape index (κ3) is 3.83. The van der Waals surface area contributed by atoms with Gasteiger partial charge in [0.05, 0.1) is 11.4 Å². The summed E-state index contributed by atoms with van der Waals surface area (Å²) < 4.78 is 1.04. The highest BCUT2D eigenvalue weighted by Gasteiger charge is 2.22. The molecule has 1 fully saturated rings. The molecule has 126 valence electrons. The standard InChI is InChI=1S/C19H22IN3O/c1-13-5-2-3-10-23(13)18-9-8-16(21)12-17(18)22-19(24)14-6-4-7-15(20)11-14/h4,6-9,11-13H,2-3,5,10,21H2,1H3,(H,22,24)/t13-/m1/s1. The topological polar surface area (TPSA) is 58.4 Å². The summed E-state index contributed by atoms with van der Waals surface area (Å²) in [6.07, 6.45) is 3.62. The lowest BCUT2D eigenvalue weighted by atomic mass is 10.0. The average Bonchev–Trinajstić information content (AvgIpc) is 2.56. The summed E-state index contributed by atoms with van der Waals surface area (Å²) in [6, 6.07) is 13.8. The van der Waals surface area contributed by atoms with Crippen LogP contribution in [0.5, 0.6) is 0 Å². The van der Waals surface area contributed by atoms with Crippen LogP contribution in [0.15, 0.2) is 42.5 Å². The van der Waals surface area contributed by atoms with Gasteiger partial charge in [0, 0.05) is 27.4 Å². The van der Waals surface area contributed by atoms with Crippen LogP contribution in [0.1, 0.15) is 36.5 Å². The number of piperidine rings is 1. The Labute approximate surface area is 156 Å². The van der Waals surface area contributed by atoms with Gasteiger partial charge in [-0.3, -0.25) is 4.79 Å². The number of nitrogens with zero attached hydrogens (tertiary/aromatic N) is 1. The van der Waals surface area contributed by atoms with Crippen LogP contribution in [0, 0.1) is 3.57 Å². The number of carbonyl (C=O) groups is 1. The highest BCUT2D eigenvalue weighted by molar-refractivity contribution is 14.1. The molecule has 1 amide bonds. The number of hydrogen-bond acceptors (Lipinski definition) is 3. The summed E-state index contributed by atoms with van der Waals surface area (Å²) in [7, 11) is 0. The van der Waals surface area contributed by atoms with Crippen LogP contribution < -0.4 is 16.0 Å². The predicted molar refractivity (Wildman–Crippen MR) is 109 cm³/mol. The van der Waals surface area contributed by atoms with Crippen LogP contribution >= 0.6 is 22.6 Å². The van der Waals surface area contributed by atoms with Crippen molar-refractivity contribution in [3.05, 3.63) is 51.6 Å². The number of rotatable bonds is 3. The average molecular weight is 435 g/mol. The molecule has 1 heterocycles. The molecule has 1 saturated heterocycles. The van der Waals surface area contributed by atoms with Gasteiger partial charge in [-0.15, -0.1) is 0 Å². The Morgan fingerprint density at radius 1 is 1.25 bits per heavy atom. The summed E-state index contributed by atoms with van der Waals surface area (Å²) >= 11 is 2.21. The van der Waals surface area contributed by atoms with Gasteiger partial charge in [0.1, 0.15) is 0 Å². The van der Waals surface area contributed by atoms with E-state index in [1.54, 1.807) is 0 Å². The van der Waals surface area contributed by atoms with Crippen LogP contribution in [-0.2, 0) is 0 Å². The zero-order valence-corrected chi connectivity index (χ0v) is 15.9. The van der Waals surface area contributed by atoms with Crippen LogP contribution in [-0.4, -0.2) is 18.5 Å². The minimum absolute atomic E-state index is 0.106. The quantitative estimate of drug-likeness (QED) is 0.551. The molecule has 2 aromatic rings. The minimum atomic E-state index is -0.106. The highest BCUT2D eigenvalue weighted by Crippen LogP contribution is 2.33. The molecular formula is C19H22IN3O. The van der Waals surface area contributed by atoms with Crippen molar-refractivity contribution in [3.8, 4) is 0 Å². The van der Waals surface area contributed by atoms with E-state index in [2.05, 4.69) is 39.7 Å². The first kappa shape index (κ1) is 17.1. The molecule has 0 aliphatic carbocycles. The fourth-order valence-corrected chi connectivity index (χ4v) is 3.73. The molecule has 0 spiro atoms. The molecule has 0 unspecified atom stereocenters. The lowest BCUT2D eigenvalue weighted by Gasteiger charge is -2.36. The fourth-order valence-electron chi connectivity index (χ4n) is 3.18. The maximum absolute atomic E-state index is 12.6. The number of halogens is 1. The predicted octanol–water partition coefficient (Wildman–Crippen LogP) is 4.50. The van der Waals surface area contributed by atoms with Crippen LogP contribution in [0.3, 0.4) is 0 Å². The lowest BCUT2D eigenvalue weighted by molar-refractivity contribution is 0.102. The van der Waals surface area contributed by atoms with Gasteiger partial charge in [-0.05, 0) is 85.2 Å². The van der Waals surface area contributed by atoms with Gasteiger partial charge in [0.15, 0.2) is 0 Å². The Balaban J connectivity index is 1.89. The van der Waals surface area contributed by atoms with Crippen molar-refractivity contribution in [3.63, 3.8) is 0 Å². The van der Waals surface area contributed by atoms with Crippen LogP contribution in [0.25, 0.3) is 0 Å². The monoisotopic (exact) mass is 435 g/mol. The van der Waals surface area contributed by atoms with Crippen LogP contribution in [0.4, 0.5) is 17.1 Å². The van der Waals surface area contributed by atoms with Crippen LogP contribution in [0.2, 0.25) is 0 Å². The van der Waals surface area contributed by atoms with Crippen molar-refractivity contribution in [1.82, 2.24) is 0 Å². The molecule has 5 heteroatoms. The molecule has 1 aliphatic heterocycles. The maximum atomic E-state index is 12.6. The molecule has 4 nitrogen and oxygen atoms in total. The fraction of sp³-hybridized carbons (Fsp3) is 0.316. The van der Waals surface area contributed by atoms with E-state index in [0.717, 1.165) is 21.5 Å². The van der Waals surface area contributed by atoms with E-state index in [4.69, 9.17) is 5.73 Å². The van der Waals surface area contributed by atoms with Gasteiger partial charge in [0.2, 0.25) is 0 Å². The number of nitrogen functional groups attached to an aromatic ring is 1. The molecule has 24 heavy (non-hydrogen) atoms. The second-order valence-electron chi connectivity index (χ2n) is 6.28. The molecule has 1 atom stereocenters. The molecule has 0 saturated carbocycles. The van der Waals surface area contributed by atoms with Gasteiger partial charge in [0.25, 0.3) is 5.91 Å². The van der Waals surface area contributed by atoms with Crippen molar-refractivity contribution in [2.75, 3.05) is 22.5 Å². The largest absolute Gasteiger partial charge is 0.399 e. The first-order valence-corrected chi connectivity index (χ1v) is 9.35. The Morgan fingerprint density at radius 2 is 2.08 bits per heavy atom.